The van der Waals surface area contributed by atoms with Gasteiger partial charge in [-0.1, -0.05) is 0 Å². The molecule has 0 heterocycles. The predicted octanol–water partition coefficient (Wildman–Crippen LogP) is 5.52. The van der Waals surface area contributed by atoms with Gasteiger partial charge in [-0.2, -0.15) is 0 Å². The average Bonchev–Trinajstić information content (AvgIpc) is 2.89. The van der Waals surface area contributed by atoms with Gasteiger partial charge in [0.2, 0.25) is 0 Å². The number of nitrogens with one attached hydrogen (secondary N) is 1. The molecule has 0 saturated heterocycles. The Labute approximate surface area is 179 Å². The van der Waals surface area contributed by atoms with Crippen LogP contribution in [0.15, 0.2) is 50.9 Å². The predicted molar refractivity (Wildman–Crippen MR) is 121 cm³/mol. The van der Waals surface area contributed by atoms with Gasteiger partial charge in [-0.25, -0.2) is 0 Å². The van der Waals surface area contributed by atoms with Crippen LogP contribution in [-0.2, 0) is 22.2 Å². The summed E-state index contributed by atoms with van der Waals surface area (Å²) in [7, 11) is 0. The van der Waals surface area contributed by atoms with Crippen molar-refractivity contribution < 1.29 is 22.2 Å². The Morgan fingerprint density at radius 2 is 1.68 bits per heavy atom. The van der Waals surface area contributed by atoms with Crippen LogP contribution in [0.2, 0.25) is 6.55 Å². The quantitative estimate of drug-likeness (QED) is 0.383. The third kappa shape index (κ3) is 5.81. The van der Waals surface area contributed by atoms with E-state index in [4.69, 9.17) is 0 Å². The van der Waals surface area contributed by atoms with Crippen molar-refractivity contribution in [1.29, 1.82) is 0 Å². The van der Waals surface area contributed by atoms with Crippen molar-refractivity contribution in [3.63, 3.8) is 0 Å². The second kappa shape index (κ2) is 11.3. The Hall–Kier alpha value is -0.899. The normalized spacial score (nSPS) is 17.9. The van der Waals surface area contributed by atoms with Gasteiger partial charge in [0.1, 0.15) is 0 Å². The summed E-state index contributed by atoms with van der Waals surface area (Å²) in [6.07, 6.45) is 6.70. The van der Waals surface area contributed by atoms with Crippen molar-refractivity contribution in [2.45, 2.75) is 79.7 Å². The molecule has 0 aliphatic heterocycles. The average molecular weight is 433 g/mol. The van der Waals surface area contributed by atoms with Crippen molar-refractivity contribution in [2.75, 3.05) is 0 Å². The van der Waals surface area contributed by atoms with Crippen molar-refractivity contribution in [3.8, 4) is 0 Å². The van der Waals surface area contributed by atoms with Gasteiger partial charge in [0, 0.05) is 0 Å². The molecular weight excluding hydrogens is 394 g/mol. The van der Waals surface area contributed by atoms with Crippen molar-refractivity contribution in [3.05, 3.63) is 50.9 Å². The zero-order chi connectivity index (χ0) is 20.7. The SMILES string of the molecule is CCCCCCCC(=O)[NH][Ti]([C]1=C(C)C(C)=C(C)C1C)[SiH](C)c1ccccc1. The number of allylic oxidation sites excluding steroid dienone is 4. The van der Waals surface area contributed by atoms with E-state index in [9.17, 15) is 4.79 Å². The minimum atomic E-state index is -1.89. The second-order valence-corrected chi connectivity index (χ2v) is 19.4. The summed E-state index contributed by atoms with van der Waals surface area (Å²) in [5.41, 5.74) is 4.43. The van der Waals surface area contributed by atoms with E-state index in [1.165, 1.54) is 47.6 Å². The van der Waals surface area contributed by atoms with Gasteiger partial charge >= 0.3 is 180 Å². The van der Waals surface area contributed by atoms with Crippen molar-refractivity contribution in [1.82, 2.24) is 3.80 Å². The zero-order valence-corrected chi connectivity index (χ0v) is 21.4. The maximum absolute atomic E-state index is 12.9. The van der Waals surface area contributed by atoms with Gasteiger partial charge in [0.25, 0.3) is 0 Å². The molecule has 0 aromatic heterocycles. The van der Waals surface area contributed by atoms with Gasteiger partial charge in [-0.05, 0) is 0 Å². The van der Waals surface area contributed by atoms with E-state index in [2.05, 4.69) is 75.3 Å². The first-order chi connectivity index (χ1) is 13.4. The van der Waals surface area contributed by atoms with E-state index in [1.54, 1.807) is 3.88 Å². The third-order valence-electron chi connectivity index (χ3n) is 6.44. The molecule has 1 aliphatic rings. The summed E-state index contributed by atoms with van der Waals surface area (Å²) >= 11 is -1.89. The fourth-order valence-corrected chi connectivity index (χ4v) is 17.1. The number of rotatable bonds is 10. The number of hydrogen-bond donors (Lipinski definition) is 1. The van der Waals surface area contributed by atoms with Crippen molar-refractivity contribution >= 4 is 17.8 Å². The molecule has 1 amide bonds. The topological polar surface area (TPSA) is 29.1 Å². The van der Waals surface area contributed by atoms with Crippen LogP contribution in [-0.4, -0.2) is 12.6 Å². The first-order valence-corrected chi connectivity index (χ1v) is 17.6. The molecule has 2 unspecified atom stereocenters. The molecule has 2 atom stereocenters. The number of carbonyl (C=O) groups is 1. The first-order valence-electron chi connectivity index (χ1n) is 11.0. The van der Waals surface area contributed by atoms with Crippen LogP contribution in [0.25, 0.3) is 0 Å². The molecule has 0 saturated carbocycles. The summed E-state index contributed by atoms with van der Waals surface area (Å²) in [6, 6.07) is 11.0. The van der Waals surface area contributed by atoms with Crippen molar-refractivity contribution in [2.24, 2.45) is 5.92 Å². The molecule has 1 aromatic carbocycles. The molecule has 2 rings (SSSR count). The number of benzene rings is 1. The Morgan fingerprint density at radius 1 is 1.04 bits per heavy atom. The van der Waals surface area contributed by atoms with Crippen LogP contribution in [0.3, 0.4) is 0 Å². The molecule has 0 spiro atoms. The molecule has 0 bridgehead atoms. The minimum absolute atomic E-state index is 0.302. The molecule has 153 valence electrons. The Morgan fingerprint density at radius 3 is 2.25 bits per heavy atom. The Bertz CT molecular complexity index is 725. The van der Waals surface area contributed by atoms with Gasteiger partial charge in [-0.15, -0.1) is 0 Å². The van der Waals surface area contributed by atoms with E-state index in [1.807, 2.05) is 0 Å². The van der Waals surface area contributed by atoms with Gasteiger partial charge in [0.15, 0.2) is 0 Å². The molecule has 0 fully saturated rings. The zero-order valence-electron chi connectivity index (χ0n) is 18.7. The molecule has 1 aromatic rings. The number of unbranched alkanes of at least 4 members (excludes halogenated alkanes) is 4. The monoisotopic (exact) mass is 432 g/mol. The van der Waals surface area contributed by atoms with Gasteiger partial charge < -0.3 is 0 Å². The first kappa shape index (κ1) is 23.4. The standard InChI is InChI=1S/C9H13.C8H17NO.C7H9Si.Ti/c1-6-5-7(2)9(4)8(6)3;1-2-3-4-5-6-7-8(9)10;1-8-7-5-3-2-4-6-7;/h6H,1-4H3;2-7H2,1H3,(H2,9,10);2-6,8H,1H3;/q;;;+1/p-1. The molecule has 1 aliphatic carbocycles. The van der Waals surface area contributed by atoms with Crippen LogP contribution in [0.1, 0.15) is 73.1 Å². The Kier molecular flexibility index (Phi) is 9.46. The van der Waals surface area contributed by atoms with Crippen LogP contribution in [0.4, 0.5) is 0 Å². The summed E-state index contributed by atoms with van der Waals surface area (Å²) in [5, 5.41) is 1.50. The fraction of sp³-hybridized carbons (Fsp3) is 0.542. The third-order valence-corrected chi connectivity index (χ3v) is 19.2. The number of carbonyl (C=O) groups excluding carboxylic acids is 1. The van der Waals surface area contributed by atoms with Gasteiger partial charge in [-0.3, -0.25) is 0 Å². The van der Waals surface area contributed by atoms with E-state index in [0.717, 1.165) is 6.42 Å². The maximum atomic E-state index is 12.9. The molecular formula is C24H38NOSiTi. The van der Waals surface area contributed by atoms with Gasteiger partial charge in [0.05, 0.1) is 0 Å². The van der Waals surface area contributed by atoms with E-state index in [0.29, 0.717) is 18.2 Å². The number of hydrogen-bond acceptors (Lipinski definition) is 1. The molecule has 0 radical (unpaired) electrons. The fourth-order valence-electron chi connectivity index (χ4n) is 4.22. The summed E-state index contributed by atoms with van der Waals surface area (Å²) < 4.78 is 5.28. The Balaban J connectivity index is 2.17. The summed E-state index contributed by atoms with van der Waals surface area (Å²) in [6.45, 7) is 12.6. The molecule has 1 N–H and O–H groups in total. The second-order valence-electron chi connectivity index (χ2n) is 8.33. The van der Waals surface area contributed by atoms with Crippen LogP contribution in [0.5, 0.6) is 0 Å². The van der Waals surface area contributed by atoms with E-state index in [-0.39, 0.29) is 0 Å². The van der Waals surface area contributed by atoms with E-state index < -0.39 is 24.0 Å². The van der Waals surface area contributed by atoms with Crippen LogP contribution >= 0.6 is 0 Å². The summed E-state index contributed by atoms with van der Waals surface area (Å²) in [4.78, 5) is 12.9. The molecule has 28 heavy (non-hydrogen) atoms. The van der Waals surface area contributed by atoms with Crippen LogP contribution < -0.4 is 8.99 Å². The molecule has 2 nitrogen and oxygen atoms in total. The molecule has 4 heteroatoms. The van der Waals surface area contributed by atoms with Crippen LogP contribution in [0, 0.1) is 5.92 Å². The van der Waals surface area contributed by atoms with E-state index >= 15 is 0 Å². The number of amides is 1. The summed E-state index contributed by atoms with van der Waals surface area (Å²) in [5.74, 6) is 0.801.